The van der Waals surface area contributed by atoms with Gasteiger partial charge in [0.15, 0.2) is 0 Å². The predicted octanol–water partition coefficient (Wildman–Crippen LogP) is 3.29. The zero-order chi connectivity index (χ0) is 12.1. The zero-order valence-corrected chi connectivity index (χ0v) is 11.3. The summed E-state index contributed by atoms with van der Waals surface area (Å²) in [5, 5.41) is 21.6. The van der Waals surface area contributed by atoms with E-state index in [1.165, 1.54) is 0 Å². The first-order chi connectivity index (χ1) is 8.29. The lowest BCUT2D eigenvalue weighted by atomic mass is 10.3. The maximum atomic E-state index is 8.41. The van der Waals surface area contributed by atoms with Crippen LogP contribution < -0.4 is 5.32 Å². The molecule has 1 N–H and O–H groups in total. The van der Waals surface area contributed by atoms with Gasteiger partial charge >= 0.3 is 0 Å². The van der Waals surface area contributed by atoms with Crippen LogP contribution in [0.2, 0.25) is 0 Å². The molecule has 17 heavy (non-hydrogen) atoms. The Morgan fingerprint density at radius 2 is 2.29 bits per heavy atom. The molecule has 4 nitrogen and oxygen atoms in total. The van der Waals surface area contributed by atoms with Gasteiger partial charge in [-0.25, -0.2) is 0 Å². The summed E-state index contributed by atoms with van der Waals surface area (Å²) in [4.78, 5) is 1.08. The summed E-state index contributed by atoms with van der Waals surface area (Å²) in [6.07, 6.45) is 0.460. The van der Waals surface area contributed by atoms with E-state index in [1.54, 1.807) is 11.3 Å². The molecule has 0 aliphatic carbocycles. The Bertz CT molecular complexity index is 529. The van der Waals surface area contributed by atoms with E-state index in [1.807, 2.05) is 23.6 Å². The van der Waals surface area contributed by atoms with Crippen molar-refractivity contribution < 1.29 is 0 Å². The summed E-state index contributed by atoms with van der Waals surface area (Å²) >= 11 is 5.02. The van der Waals surface area contributed by atoms with Gasteiger partial charge in [0, 0.05) is 16.4 Å². The highest BCUT2D eigenvalue weighted by molar-refractivity contribution is 9.10. The van der Waals surface area contributed by atoms with E-state index in [0.29, 0.717) is 18.8 Å². The molecule has 0 aliphatic rings. The maximum absolute atomic E-state index is 8.41. The average Bonchev–Trinajstić information content (AvgIpc) is 2.77. The molecule has 86 valence electrons. The molecule has 0 bridgehead atoms. The number of thiophene rings is 1. The van der Waals surface area contributed by atoms with Crippen LogP contribution in [0.15, 0.2) is 28.1 Å². The molecule has 0 saturated carbocycles. The number of nitrogens with zero attached hydrogens (tertiary/aromatic N) is 3. The first kappa shape index (κ1) is 12.0. The molecule has 0 aromatic carbocycles. The van der Waals surface area contributed by atoms with E-state index < -0.39 is 0 Å². The number of hydrogen-bond donors (Lipinski definition) is 1. The Balaban J connectivity index is 2.05. The third-order valence-electron chi connectivity index (χ3n) is 2.03. The molecule has 6 heteroatoms. The number of rotatable bonds is 4. The quantitative estimate of drug-likeness (QED) is 0.880. The smallest absolute Gasteiger partial charge is 0.148 e. The van der Waals surface area contributed by atoms with Gasteiger partial charge < -0.3 is 5.32 Å². The summed E-state index contributed by atoms with van der Waals surface area (Å²) in [6.45, 7) is 0.592. The van der Waals surface area contributed by atoms with Crippen molar-refractivity contribution in [3.05, 3.63) is 28.1 Å². The molecule has 0 fully saturated rings. The van der Waals surface area contributed by atoms with Crippen LogP contribution in [-0.2, 0) is 0 Å². The van der Waals surface area contributed by atoms with Crippen molar-refractivity contribution in [2.75, 3.05) is 11.9 Å². The van der Waals surface area contributed by atoms with Gasteiger partial charge in [-0.3, -0.25) is 0 Å². The normalized spacial score (nSPS) is 9.88. The van der Waals surface area contributed by atoms with Crippen LogP contribution >= 0.6 is 27.3 Å². The minimum absolute atomic E-state index is 0.460. The molecular weight excluding hydrogens is 300 g/mol. The number of aromatic nitrogens is 2. The summed E-state index contributed by atoms with van der Waals surface area (Å²) in [6, 6.07) is 7.86. The van der Waals surface area contributed by atoms with Gasteiger partial charge in [-0.1, -0.05) is 0 Å². The lowest BCUT2D eigenvalue weighted by Gasteiger charge is -2.02. The summed E-state index contributed by atoms with van der Waals surface area (Å²) in [5.74, 6) is 0.694. The highest BCUT2D eigenvalue weighted by Crippen LogP contribution is 2.28. The van der Waals surface area contributed by atoms with Crippen LogP contribution in [0.4, 0.5) is 5.82 Å². The van der Waals surface area contributed by atoms with E-state index >= 15 is 0 Å². The molecule has 0 aliphatic heterocycles. The number of hydrogen-bond acceptors (Lipinski definition) is 5. The fourth-order valence-corrected chi connectivity index (χ4v) is 2.64. The minimum atomic E-state index is 0.460. The fraction of sp³-hybridized carbons (Fsp3) is 0.182. The van der Waals surface area contributed by atoms with Crippen LogP contribution in [0.1, 0.15) is 6.42 Å². The monoisotopic (exact) mass is 308 g/mol. The van der Waals surface area contributed by atoms with Gasteiger partial charge in [0.2, 0.25) is 0 Å². The van der Waals surface area contributed by atoms with Crippen LogP contribution in [-0.4, -0.2) is 16.7 Å². The molecule has 0 atom stereocenters. The minimum Gasteiger partial charge on any atom is -0.368 e. The Morgan fingerprint density at radius 1 is 1.41 bits per heavy atom. The Labute approximate surface area is 111 Å². The van der Waals surface area contributed by atoms with E-state index in [2.05, 4.69) is 37.5 Å². The number of nitriles is 1. The summed E-state index contributed by atoms with van der Waals surface area (Å²) in [7, 11) is 0. The van der Waals surface area contributed by atoms with E-state index in [0.717, 1.165) is 15.0 Å². The van der Waals surface area contributed by atoms with Crippen molar-refractivity contribution in [2.24, 2.45) is 0 Å². The number of halogens is 1. The zero-order valence-electron chi connectivity index (χ0n) is 8.85. The van der Waals surface area contributed by atoms with E-state index in [-0.39, 0.29) is 0 Å². The lowest BCUT2D eigenvalue weighted by Crippen LogP contribution is -2.03. The van der Waals surface area contributed by atoms with Crippen molar-refractivity contribution in [1.82, 2.24) is 10.2 Å². The molecule has 0 spiro atoms. The second kappa shape index (κ2) is 5.75. The molecule has 2 aromatic rings. The lowest BCUT2D eigenvalue weighted by molar-refractivity contribution is 0.994. The second-order valence-corrected chi connectivity index (χ2v) is 5.09. The van der Waals surface area contributed by atoms with Gasteiger partial charge in [0.05, 0.1) is 17.4 Å². The van der Waals surface area contributed by atoms with Gasteiger partial charge in [-0.2, -0.15) is 5.26 Å². The third-order valence-corrected chi connectivity index (χ3v) is 3.74. The van der Waals surface area contributed by atoms with Gasteiger partial charge in [-0.15, -0.1) is 21.5 Å². The van der Waals surface area contributed by atoms with Crippen molar-refractivity contribution in [3.8, 4) is 16.6 Å². The van der Waals surface area contributed by atoms with Gasteiger partial charge in [0.25, 0.3) is 0 Å². The standard InChI is InChI=1S/C11H9BrN4S/c12-8-6-10(17-7-8)9-2-3-11(16-15-9)14-5-1-4-13/h2-3,6-7H,1,5H2,(H,14,16). The summed E-state index contributed by atoms with van der Waals surface area (Å²) in [5.41, 5.74) is 0.853. The van der Waals surface area contributed by atoms with E-state index in [9.17, 15) is 0 Å². The van der Waals surface area contributed by atoms with Crippen LogP contribution in [0.25, 0.3) is 10.6 Å². The predicted molar refractivity (Wildman–Crippen MR) is 71.8 cm³/mol. The first-order valence-corrected chi connectivity index (χ1v) is 6.66. The van der Waals surface area contributed by atoms with Crippen LogP contribution in [0.5, 0.6) is 0 Å². The molecular formula is C11H9BrN4S. The molecule has 0 saturated heterocycles. The van der Waals surface area contributed by atoms with Gasteiger partial charge in [0.1, 0.15) is 11.5 Å². The number of anilines is 1. The fourth-order valence-electron chi connectivity index (χ4n) is 1.25. The average molecular weight is 309 g/mol. The summed E-state index contributed by atoms with van der Waals surface area (Å²) < 4.78 is 1.05. The molecule has 0 unspecified atom stereocenters. The Kier molecular flexibility index (Phi) is 4.07. The molecule has 0 amide bonds. The van der Waals surface area contributed by atoms with Crippen molar-refractivity contribution in [2.45, 2.75) is 6.42 Å². The first-order valence-electron chi connectivity index (χ1n) is 4.98. The number of nitrogens with one attached hydrogen (secondary N) is 1. The second-order valence-electron chi connectivity index (χ2n) is 3.27. The largest absolute Gasteiger partial charge is 0.368 e. The highest BCUT2D eigenvalue weighted by Gasteiger charge is 2.03. The topological polar surface area (TPSA) is 61.6 Å². The Morgan fingerprint density at radius 3 is 2.88 bits per heavy atom. The molecule has 2 rings (SSSR count). The highest BCUT2D eigenvalue weighted by atomic mass is 79.9. The van der Waals surface area contributed by atoms with Crippen molar-refractivity contribution in [3.63, 3.8) is 0 Å². The Hall–Kier alpha value is -1.45. The van der Waals surface area contributed by atoms with Crippen LogP contribution in [0.3, 0.4) is 0 Å². The van der Waals surface area contributed by atoms with Crippen LogP contribution in [0, 0.1) is 11.3 Å². The van der Waals surface area contributed by atoms with E-state index in [4.69, 9.17) is 5.26 Å². The maximum Gasteiger partial charge on any atom is 0.148 e. The van der Waals surface area contributed by atoms with Crippen molar-refractivity contribution in [1.29, 1.82) is 5.26 Å². The van der Waals surface area contributed by atoms with Gasteiger partial charge in [-0.05, 0) is 34.1 Å². The SMILES string of the molecule is N#CCCNc1ccc(-c2cc(Br)cs2)nn1. The molecule has 0 radical (unpaired) electrons. The third kappa shape index (κ3) is 3.25. The van der Waals surface area contributed by atoms with Crippen molar-refractivity contribution >= 4 is 33.1 Å². The molecule has 2 aromatic heterocycles. The molecule has 2 heterocycles.